The highest BCUT2D eigenvalue weighted by atomic mass is 32.1. The van der Waals surface area contributed by atoms with Crippen molar-refractivity contribution in [3.63, 3.8) is 0 Å². The first-order chi connectivity index (χ1) is 14.3. The minimum absolute atomic E-state index is 0.209. The quantitative estimate of drug-likeness (QED) is 0.706. The average Bonchev–Trinajstić information content (AvgIpc) is 2.69. The number of hydrogen-bond acceptors (Lipinski definition) is 5. The summed E-state index contributed by atoms with van der Waals surface area (Å²) in [6.45, 7) is 10.7. The van der Waals surface area contributed by atoms with E-state index in [9.17, 15) is 4.79 Å². The predicted molar refractivity (Wildman–Crippen MR) is 126 cm³/mol. The van der Waals surface area contributed by atoms with E-state index < -0.39 is 5.60 Å². The Hall–Kier alpha value is -2.02. The van der Waals surface area contributed by atoms with Crippen molar-refractivity contribution in [2.75, 3.05) is 33.2 Å². The molecule has 3 rings (SSSR count). The molecule has 0 spiro atoms. The van der Waals surface area contributed by atoms with E-state index >= 15 is 0 Å². The van der Waals surface area contributed by atoms with Crippen molar-refractivity contribution in [3.05, 3.63) is 65.7 Å². The molecule has 6 heteroatoms. The van der Waals surface area contributed by atoms with Crippen LogP contribution in [0.15, 0.2) is 59.5 Å². The molecular formula is C24H35N3O2S. The van der Waals surface area contributed by atoms with Crippen molar-refractivity contribution in [1.82, 2.24) is 15.1 Å². The molecule has 30 heavy (non-hydrogen) atoms. The molecule has 164 valence electrons. The topological polar surface area (TPSA) is 44.8 Å². The Bertz CT molecular complexity index is 770. The lowest BCUT2D eigenvalue weighted by Gasteiger charge is -2.35. The third-order valence-corrected chi connectivity index (χ3v) is 4.84. The minimum Gasteiger partial charge on any atom is -0.444 e. The van der Waals surface area contributed by atoms with Crippen LogP contribution >= 0.6 is 12.6 Å². The minimum atomic E-state index is -0.429. The van der Waals surface area contributed by atoms with Gasteiger partial charge in [0.1, 0.15) is 5.60 Å². The molecule has 5 nitrogen and oxygen atoms in total. The third-order valence-electron chi connectivity index (χ3n) is 4.56. The first-order valence-electron chi connectivity index (χ1n) is 10.4. The van der Waals surface area contributed by atoms with Gasteiger partial charge in [-0.1, -0.05) is 42.5 Å². The second-order valence-corrected chi connectivity index (χ2v) is 8.95. The van der Waals surface area contributed by atoms with Gasteiger partial charge in [-0.25, -0.2) is 4.79 Å². The van der Waals surface area contributed by atoms with Gasteiger partial charge in [-0.15, -0.1) is 12.6 Å². The number of hydrogen-bond donors (Lipinski definition) is 2. The lowest BCUT2D eigenvalue weighted by atomic mass is 10.2. The molecule has 2 aromatic carbocycles. The SMILES string of the molecule is CC(C)(C)OC(=O)N1CCN(Cc2cccc(S)c2)CC1.CNCc1ccccc1. The van der Waals surface area contributed by atoms with E-state index in [-0.39, 0.29) is 6.09 Å². The molecule has 0 atom stereocenters. The van der Waals surface area contributed by atoms with Crippen LogP contribution in [0.1, 0.15) is 31.9 Å². The molecule has 0 unspecified atom stereocenters. The number of carbonyl (C=O) groups is 1. The van der Waals surface area contributed by atoms with E-state index in [1.807, 2.05) is 58.2 Å². The molecule has 1 fully saturated rings. The fourth-order valence-corrected chi connectivity index (χ4v) is 3.38. The maximum absolute atomic E-state index is 12.0. The summed E-state index contributed by atoms with van der Waals surface area (Å²) in [4.78, 5) is 17.1. The summed E-state index contributed by atoms with van der Waals surface area (Å²) in [5.74, 6) is 0. The molecule has 0 radical (unpaired) electrons. The molecule has 1 aliphatic heterocycles. The van der Waals surface area contributed by atoms with Gasteiger partial charge in [-0.2, -0.15) is 0 Å². The van der Waals surface area contributed by atoms with Crippen molar-refractivity contribution in [2.45, 2.75) is 44.4 Å². The molecule has 0 saturated carbocycles. The van der Waals surface area contributed by atoms with Gasteiger partial charge in [-0.05, 0) is 51.1 Å². The maximum Gasteiger partial charge on any atom is 0.410 e. The number of nitrogens with zero attached hydrogens (tertiary/aromatic N) is 2. The molecule has 1 saturated heterocycles. The summed E-state index contributed by atoms with van der Waals surface area (Å²) >= 11 is 4.36. The van der Waals surface area contributed by atoms with Gasteiger partial charge >= 0.3 is 6.09 Å². The van der Waals surface area contributed by atoms with Gasteiger partial charge in [0.15, 0.2) is 0 Å². The van der Waals surface area contributed by atoms with Gasteiger partial charge in [0.05, 0.1) is 0 Å². The largest absolute Gasteiger partial charge is 0.444 e. The lowest BCUT2D eigenvalue weighted by Crippen LogP contribution is -2.49. The molecule has 0 bridgehead atoms. The smallest absolute Gasteiger partial charge is 0.410 e. The highest BCUT2D eigenvalue weighted by molar-refractivity contribution is 7.80. The Balaban J connectivity index is 0.000000297. The molecule has 1 N–H and O–H groups in total. The van der Waals surface area contributed by atoms with Crippen molar-refractivity contribution in [2.24, 2.45) is 0 Å². The fourth-order valence-electron chi connectivity index (χ4n) is 3.13. The van der Waals surface area contributed by atoms with Crippen LogP contribution in [0.25, 0.3) is 0 Å². The Kier molecular flexibility index (Phi) is 9.69. The lowest BCUT2D eigenvalue weighted by molar-refractivity contribution is 0.0139. The second-order valence-electron chi connectivity index (χ2n) is 8.43. The first-order valence-corrected chi connectivity index (χ1v) is 10.9. The highest BCUT2D eigenvalue weighted by Crippen LogP contribution is 2.15. The molecule has 0 aliphatic carbocycles. The molecule has 0 aromatic heterocycles. The number of rotatable bonds is 4. The van der Waals surface area contributed by atoms with Crippen LogP contribution in [0.2, 0.25) is 0 Å². The number of ether oxygens (including phenoxy) is 1. The van der Waals surface area contributed by atoms with E-state index in [0.717, 1.165) is 44.2 Å². The Morgan fingerprint density at radius 2 is 1.63 bits per heavy atom. The maximum atomic E-state index is 12.0. The normalized spacial score (nSPS) is 14.6. The monoisotopic (exact) mass is 429 g/mol. The van der Waals surface area contributed by atoms with E-state index in [1.165, 1.54) is 11.1 Å². The standard InChI is InChI=1S/C16H24N2O2S.C8H11N/c1-16(2,3)20-15(19)18-9-7-17(8-10-18)12-13-5-4-6-14(21)11-13;1-9-7-8-5-3-2-4-6-8/h4-6,11,21H,7-10,12H2,1-3H3;2-6,9H,7H2,1H3. The third kappa shape index (κ3) is 9.20. The summed E-state index contributed by atoms with van der Waals surface area (Å²) in [6.07, 6.45) is -0.209. The van der Waals surface area contributed by atoms with E-state index in [4.69, 9.17) is 4.74 Å². The summed E-state index contributed by atoms with van der Waals surface area (Å²) in [7, 11) is 1.95. The molecule has 2 aromatic rings. The van der Waals surface area contributed by atoms with Gasteiger partial charge in [0.2, 0.25) is 0 Å². The number of nitrogens with one attached hydrogen (secondary N) is 1. The van der Waals surface area contributed by atoms with Crippen LogP contribution in [0.3, 0.4) is 0 Å². The van der Waals surface area contributed by atoms with Crippen molar-refractivity contribution < 1.29 is 9.53 Å². The number of benzene rings is 2. The highest BCUT2D eigenvalue weighted by Gasteiger charge is 2.25. The zero-order chi connectivity index (χ0) is 22.0. The van der Waals surface area contributed by atoms with Crippen LogP contribution in [-0.4, -0.2) is 54.7 Å². The Morgan fingerprint density at radius 3 is 2.20 bits per heavy atom. The van der Waals surface area contributed by atoms with Crippen LogP contribution < -0.4 is 5.32 Å². The Labute approximate surface area is 186 Å². The van der Waals surface area contributed by atoms with E-state index in [2.05, 4.69) is 47.1 Å². The molecular weight excluding hydrogens is 394 g/mol. The van der Waals surface area contributed by atoms with Crippen LogP contribution in [0, 0.1) is 0 Å². The average molecular weight is 430 g/mol. The fraction of sp³-hybridized carbons (Fsp3) is 0.458. The summed E-state index contributed by atoms with van der Waals surface area (Å²) < 4.78 is 5.40. The number of carbonyl (C=O) groups excluding carboxylic acids is 1. The van der Waals surface area contributed by atoms with E-state index in [1.54, 1.807) is 4.90 Å². The predicted octanol–water partition coefficient (Wildman–Crippen LogP) is 4.43. The van der Waals surface area contributed by atoms with E-state index in [0.29, 0.717) is 0 Å². The number of thiol groups is 1. The van der Waals surface area contributed by atoms with Crippen molar-refractivity contribution in [1.29, 1.82) is 0 Å². The number of amides is 1. The van der Waals surface area contributed by atoms with Gasteiger partial charge in [0, 0.05) is 44.2 Å². The summed E-state index contributed by atoms with van der Waals surface area (Å²) in [5, 5.41) is 3.08. The molecule has 1 heterocycles. The summed E-state index contributed by atoms with van der Waals surface area (Å²) in [5.41, 5.74) is 2.16. The summed E-state index contributed by atoms with van der Waals surface area (Å²) in [6, 6.07) is 18.5. The van der Waals surface area contributed by atoms with Gasteiger partial charge < -0.3 is 15.0 Å². The van der Waals surface area contributed by atoms with Crippen molar-refractivity contribution >= 4 is 18.7 Å². The van der Waals surface area contributed by atoms with Crippen LogP contribution in [-0.2, 0) is 17.8 Å². The van der Waals surface area contributed by atoms with Gasteiger partial charge in [0.25, 0.3) is 0 Å². The van der Waals surface area contributed by atoms with Crippen LogP contribution in [0.4, 0.5) is 4.79 Å². The van der Waals surface area contributed by atoms with Crippen molar-refractivity contribution in [3.8, 4) is 0 Å². The second kappa shape index (κ2) is 12.0. The first kappa shape index (κ1) is 24.3. The number of piperazine rings is 1. The van der Waals surface area contributed by atoms with Crippen LogP contribution in [0.5, 0.6) is 0 Å². The molecule has 1 amide bonds. The molecule has 1 aliphatic rings. The van der Waals surface area contributed by atoms with Gasteiger partial charge in [-0.3, -0.25) is 4.90 Å². The zero-order valence-corrected chi connectivity index (χ0v) is 19.5. The Morgan fingerprint density at radius 1 is 1.00 bits per heavy atom. The zero-order valence-electron chi connectivity index (χ0n) is 18.6.